The fourth-order valence-corrected chi connectivity index (χ4v) is 1.91. The summed E-state index contributed by atoms with van der Waals surface area (Å²) < 4.78 is 0. The zero-order valence-electron chi connectivity index (χ0n) is 10.6. The minimum Gasteiger partial charge on any atom is -0.344 e. The number of pyridine rings is 1. The first-order valence-corrected chi connectivity index (χ1v) is 6.61. The van der Waals surface area contributed by atoms with Gasteiger partial charge in [0.05, 0.1) is 11.7 Å². The Bertz CT molecular complexity index is 540. The standard InChI is InChI=1S/C15H15ClN2O/c1-11(14-4-2-3-9-17-14)18-15(19)13-7-5-12(10-16)6-8-13/h2-9,11H,10H2,1H3,(H,18,19). The summed E-state index contributed by atoms with van der Waals surface area (Å²) in [6.07, 6.45) is 1.72. The zero-order chi connectivity index (χ0) is 13.7. The van der Waals surface area contributed by atoms with Crippen LogP contribution in [0.2, 0.25) is 0 Å². The maximum absolute atomic E-state index is 12.1. The van der Waals surface area contributed by atoms with Crippen molar-refractivity contribution in [3.8, 4) is 0 Å². The number of nitrogens with zero attached hydrogens (tertiary/aromatic N) is 1. The first kappa shape index (κ1) is 13.6. The fourth-order valence-electron chi connectivity index (χ4n) is 1.73. The molecule has 0 aliphatic heterocycles. The number of halogens is 1. The quantitative estimate of drug-likeness (QED) is 0.869. The Labute approximate surface area is 117 Å². The van der Waals surface area contributed by atoms with Crippen LogP contribution in [0.4, 0.5) is 0 Å². The lowest BCUT2D eigenvalue weighted by molar-refractivity contribution is 0.0939. The van der Waals surface area contributed by atoms with E-state index in [9.17, 15) is 4.79 Å². The van der Waals surface area contributed by atoms with Crippen LogP contribution in [-0.4, -0.2) is 10.9 Å². The molecule has 0 radical (unpaired) electrons. The normalized spacial score (nSPS) is 11.9. The molecule has 3 nitrogen and oxygen atoms in total. The van der Waals surface area contributed by atoms with Crippen molar-refractivity contribution in [3.63, 3.8) is 0 Å². The summed E-state index contributed by atoms with van der Waals surface area (Å²) in [5.41, 5.74) is 2.46. The molecule has 0 fully saturated rings. The number of hydrogen-bond donors (Lipinski definition) is 1. The van der Waals surface area contributed by atoms with Gasteiger partial charge in [-0.15, -0.1) is 11.6 Å². The molecule has 0 saturated carbocycles. The molecule has 0 aliphatic carbocycles. The summed E-state index contributed by atoms with van der Waals surface area (Å²) in [6, 6.07) is 12.8. The Morgan fingerprint density at radius 2 is 2.00 bits per heavy atom. The van der Waals surface area contributed by atoms with E-state index >= 15 is 0 Å². The second-order valence-corrected chi connectivity index (χ2v) is 4.55. The number of carbonyl (C=O) groups is 1. The molecule has 2 aromatic rings. The zero-order valence-corrected chi connectivity index (χ0v) is 11.4. The van der Waals surface area contributed by atoms with Crippen molar-refractivity contribution < 1.29 is 4.79 Å². The predicted molar refractivity (Wildman–Crippen MR) is 76.1 cm³/mol. The van der Waals surface area contributed by atoms with Crippen molar-refractivity contribution in [3.05, 3.63) is 65.5 Å². The fraction of sp³-hybridized carbons (Fsp3) is 0.200. The topological polar surface area (TPSA) is 42.0 Å². The molecule has 19 heavy (non-hydrogen) atoms. The van der Waals surface area contributed by atoms with E-state index in [1.54, 1.807) is 18.3 Å². The number of amides is 1. The van der Waals surface area contributed by atoms with Crippen molar-refractivity contribution in [1.29, 1.82) is 0 Å². The number of rotatable bonds is 4. The van der Waals surface area contributed by atoms with Gasteiger partial charge in [0.1, 0.15) is 0 Å². The van der Waals surface area contributed by atoms with Gasteiger partial charge in [-0.2, -0.15) is 0 Å². The molecule has 1 aromatic carbocycles. The van der Waals surface area contributed by atoms with E-state index < -0.39 is 0 Å². The average Bonchev–Trinajstić information content (AvgIpc) is 2.48. The lowest BCUT2D eigenvalue weighted by atomic mass is 10.1. The summed E-state index contributed by atoms with van der Waals surface area (Å²) in [6.45, 7) is 1.91. The molecule has 0 spiro atoms. The average molecular weight is 275 g/mol. The Morgan fingerprint density at radius 3 is 2.58 bits per heavy atom. The third-order valence-electron chi connectivity index (χ3n) is 2.85. The molecule has 1 atom stereocenters. The van der Waals surface area contributed by atoms with Gasteiger partial charge in [-0.25, -0.2) is 0 Å². The molecule has 98 valence electrons. The van der Waals surface area contributed by atoms with Gasteiger partial charge >= 0.3 is 0 Å². The molecule has 1 unspecified atom stereocenters. The lowest BCUT2D eigenvalue weighted by Gasteiger charge is -2.13. The molecule has 0 saturated heterocycles. The maximum Gasteiger partial charge on any atom is 0.251 e. The largest absolute Gasteiger partial charge is 0.344 e. The van der Waals surface area contributed by atoms with E-state index in [0.717, 1.165) is 11.3 Å². The van der Waals surface area contributed by atoms with Gasteiger partial charge in [0.25, 0.3) is 5.91 Å². The molecule has 0 bridgehead atoms. The van der Waals surface area contributed by atoms with E-state index in [1.165, 1.54) is 0 Å². The maximum atomic E-state index is 12.1. The van der Waals surface area contributed by atoms with Crippen LogP contribution in [0, 0.1) is 0 Å². The van der Waals surface area contributed by atoms with Crippen molar-refractivity contribution in [2.45, 2.75) is 18.8 Å². The van der Waals surface area contributed by atoms with Gasteiger partial charge in [0.15, 0.2) is 0 Å². The van der Waals surface area contributed by atoms with Crippen LogP contribution in [0.15, 0.2) is 48.7 Å². The number of nitrogens with one attached hydrogen (secondary N) is 1. The molecule has 4 heteroatoms. The highest BCUT2D eigenvalue weighted by Gasteiger charge is 2.11. The number of aromatic nitrogens is 1. The third kappa shape index (κ3) is 3.55. The monoisotopic (exact) mass is 274 g/mol. The molecule has 1 heterocycles. The van der Waals surface area contributed by atoms with Gasteiger partial charge in [0, 0.05) is 17.6 Å². The van der Waals surface area contributed by atoms with Crippen LogP contribution < -0.4 is 5.32 Å². The van der Waals surface area contributed by atoms with Crippen molar-refractivity contribution in [2.24, 2.45) is 0 Å². The van der Waals surface area contributed by atoms with Gasteiger partial charge in [0.2, 0.25) is 0 Å². The number of carbonyl (C=O) groups excluding carboxylic acids is 1. The minimum absolute atomic E-state index is 0.112. The highest BCUT2D eigenvalue weighted by Crippen LogP contribution is 2.11. The van der Waals surface area contributed by atoms with E-state index in [4.69, 9.17) is 11.6 Å². The van der Waals surface area contributed by atoms with Crippen LogP contribution in [0.5, 0.6) is 0 Å². The Hall–Kier alpha value is -1.87. The van der Waals surface area contributed by atoms with Crippen LogP contribution in [0.25, 0.3) is 0 Å². The smallest absolute Gasteiger partial charge is 0.251 e. The summed E-state index contributed by atoms with van der Waals surface area (Å²) >= 11 is 5.71. The second-order valence-electron chi connectivity index (χ2n) is 4.28. The molecule has 2 rings (SSSR count). The van der Waals surface area contributed by atoms with Gasteiger partial charge in [-0.1, -0.05) is 18.2 Å². The molecule has 1 N–H and O–H groups in total. The Kier molecular flexibility index (Phi) is 4.53. The SMILES string of the molecule is CC(NC(=O)c1ccc(CCl)cc1)c1ccccn1. The molecular formula is C15H15ClN2O. The van der Waals surface area contributed by atoms with Gasteiger partial charge < -0.3 is 5.32 Å². The van der Waals surface area contributed by atoms with Gasteiger partial charge in [-0.3, -0.25) is 9.78 Å². The lowest BCUT2D eigenvalue weighted by Crippen LogP contribution is -2.27. The minimum atomic E-state index is -0.124. The van der Waals surface area contributed by atoms with Crippen LogP contribution in [0.3, 0.4) is 0 Å². The Balaban J connectivity index is 2.04. The second kappa shape index (κ2) is 6.34. The van der Waals surface area contributed by atoms with E-state index in [1.807, 2.05) is 37.3 Å². The Morgan fingerprint density at radius 1 is 1.26 bits per heavy atom. The van der Waals surface area contributed by atoms with E-state index in [2.05, 4.69) is 10.3 Å². The van der Waals surface area contributed by atoms with Crippen molar-refractivity contribution >= 4 is 17.5 Å². The highest BCUT2D eigenvalue weighted by atomic mass is 35.5. The molecule has 1 amide bonds. The first-order chi connectivity index (χ1) is 9.20. The van der Waals surface area contributed by atoms with Crippen LogP contribution in [-0.2, 0) is 5.88 Å². The van der Waals surface area contributed by atoms with E-state index in [-0.39, 0.29) is 11.9 Å². The molecule has 1 aromatic heterocycles. The van der Waals surface area contributed by atoms with E-state index in [0.29, 0.717) is 11.4 Å². The molecule has 0 aliphatic rings. The number of hydrogen-bond acceptors (Lipinski definition) is 2. The summed E-state index contributed by atoms with van der Waals surface area (Å²) in [4.78, 5) is 16.3. The summed E-state index contributed by atoms with van der Waals surface area (Å²) in [5.74, 6) is 0.339. The first-order valence-electron chi connectivity index (χ1n) is 6.07. The van der Waals surface area contributed by atoms with Gasteiger partial charge in [-0.05, 0) is 36.8 Å². The highest BCUT2D eigenvalue weighted by molar-refractivity contribution is 6.17. The van der Waals surface area contributed by atoms with Crippen LogP contribution in [0.1, 0.15) is 34.6 Å². The predicted octanol–water partition coefficient (Wildman–Crippen LogP) is 3.31. The number of benzene rings is 1. The third-order valence-corrected chi connectivity index (χ3v) is 3.16. The molecular weight excluding hydrogens is 260 g/mol. The summed E-state index contributed by atoms with van der Waals surface area (Å²) in [7, 11) is 0. The number of alkyl halides is 1. The van der Waals surface area contributed by atoms with Crippen molar-refractivity contribution in [2.75, 3.05) is 0 Å². The summed E-state index contributed by atoms with van der Waals surface area (Å²) in [5, 5.41) is 2.92. The van der Waals surface area contributed by atoms with Crippen LogP contribution >= 0.6 is 11.6 Å². The van der Waals surface area contributed by atoms with Crippen molar-refractivity contribution in [1.82, 2.24) is 10.3 Å².